The van der Waals surface area contributed by atoms with Gasteiger partial charge in [-0.25, -0.2) is 0 Å². The van der Waals surface area contributed by atoms with Crippen molar-refractivity contribution >= 4 is 96.1 Å². The van der Waals surface area contributed by atoms with Crippen molar-refractivity contribution in [2.24, 2.45) is 9.98 Å². The predicted octanol–water partition coefficient (Wildman–Crippen LogP) is 10.3. The summed E-state index contributed by atoms with van der Waals surface area (Å²) in [5, 5.41) is 1.70. The summed E-state index contributed by atoms with van der Waals surface area (Å²) in [4.78, 5) is 67.3. The van der Waals surface area contributed by atoms with Crippen molar-refractivity contribution in [2.45, 2.75) is 107 Å². The molecule has 4 aliphatic rings. The summed E-state index contributed by atoms with van der Waals surface area (Å²) < 4.78 is 48.3. The zero-order chi connectivity index (χ0) is 51.6. The lowest BCUT2D eigenvalue weighted by Gasteiger charge is -2.22. The van der Waals surface area contributed by atoms with Crippen LogP contribution < -0.4 is 29.3 Å². The Kier molecular flexibility index (Phi) is 15.5. The largest absolute Gasteiger partial charge is 0.493 e. The summed E-state index contributed by atoms with van der Waals surface area (Å²) >= 11 is 0. The molecule has 5 atom stereocenters. The van der Waals surface area contributed by atoms with E-state index in [-0.39, 0.29) is 78.6 Å². The smallest absolute Gasteiger partial charge is 0.277 e. The topological polar surface area (TPSA) is 183 Å². The first-order valence-electron chi connectivity index (χ1n) is 24.2. The SMILES string of the molecule is CCC(=O)C(CC(C)SSC(C)CCC(=O)Nc1cc(COc2cc3c(cc2C)C(=O)N2c4ccccc4C[C@H]2C=N3)cc(COc2cc3c(cc2OC)C(=O)N2c4ccccc4C[C@H]2C=N3)c1)S(=O)(=O)OC. The van der Waals surface area contributed by atoms with Crippen molar-refractivity contribution < 1.29 is 46.0 Å². The Bertz CT molecular complexity index is 3160. The van der Waals surface area contributed by atoms with Gasteiger partial charge in [-0.05, 0) is 90.0 Å². The summed E-state index contributed by atoms with van der Waals surface area (Å²) in [6.07, 6.45) is 5.94. The number of benzene rings is 5. The summed E-state index contributed by atoms with van der Waals surface area (Å²) in [7, 11) is 1.59. The first kappa shape index (κ1) is 51.4. The average Bonchev–Trinajstić information content (AvgIpc) is 3.88. The molecule has 18 heteroatoms. The third-order valence-electron chi connectivity index (χ3n) is 13.4. The van der Waals surface area contributed by atoms with E-state index in [0.29, 0.717) is 70.3 Å². The number of methoxy groups -OCH3 is 1. The van der Waals surface area contributed by atoms with Crippen LogP contribution in [0.2, 0.25) is 0 Å². The van der Waals surface area contributed by atoms with Gasteiger partial charge in [-0.15, -0.1) is 0 Å². The van der Waals surface area contributed by atoms with Crippen molar-refractivity contribution in [1.29, 1.82) is 0 Å². The molecule has 380 valence electrons. The molecule has 5 aromatic rings. The number of fused-ring (bicyclic) bond motifs is 8. The predicted molar refractivity (Wildman–Crippen MR) is 289 cm³/mol. The number of anilines is 3. The number of nitrogens with one attached hydrogen (secondary N) is 1. The molecule has 9 rings (SSSR count). The maximum atomic E-state index is 14.1. The lowest BCUT2D eigenvalue weighted by Crippen LogP contribution is -2.37. The van der Waals surface area contributed by atoms with Crippen LogP contribution in [0, 0.1) is 6.92 Å². The first-order chi connectivity index (χ1) is 35.1. The van der Waals surface area contributed by atoms with Gasteiger partial charge in [0.1, 0.15) is 24.2 Å². The maximum Gasteiger partial charge on any atom is 0.277 e. The molecular formula is C55H57N5O10S3. The number of para-hydroxylation sites is 2. The van der Waals surface area contributed by atoms with Crippen LogP contribution >= 0.6 is 21.6 Å². The fourth-order valence-electron chi connectivity index (χ4n) is 9.60. The maximum absolute atomic E-state index is 14.1. The number of ether oxygens (including phenoxy) is 3. The number of aliphatic imine (C=N–C) groups is 2. The van der Waals surface area contributed by atoms with E-state index in [0.717, 1.165) is 40.7 Å². The second-order valence-electron chi connectivity index (χ2n) is 18.6. The van der Waals surface area contributed by atoms with Gasteiger partial charge in [-0.2, -0.15) is 8.42 Å². The summed E-state index contributed by atoms with van der Waals surface area (Å²) in [6.45, 7) is 7.57. The Balaban J connectivity index is 0.912. The molecule has 0 fully saturated rings. The van der Waals surface area contributed by atoms with E-state index in [1.54, 1.807) is 36.2 Å². The molecule has 0 saturated heterocycles. The molecule has 4 heterocycles. The van der Waals surface area contributed by atoms with Crippen molar-refractivity contribution in [3.63, 3.8) is 0 Å². The standard InChI is InChI=1S/C55H57N5O10S3/c1-7-48(61)52(73(65,66)68-6)19-34(4)72-71-33(3)16-17-53(62)58-39-21-35(30-69-49-26-44-42(18-32(49)2)54(63)59-40(28-56-44)23-37-12-8-10-14-46(37)59)20-36(22-39)31-70-51-27-45-43(25-50(51)67-5)55(64)60-41(29-57-45)24-38-13-9-11-15-47(38)60/h8-15,18,20-22,25-29,33-34,40-41,52H,7,16-17,19,23-24,30-31H2,1-6H3,(H,58,62)/t33?,34?,40-,41-,52?/m0/s1. The fourth-order valence-corrected chi connectivity index (χ4v) is 13.5. The van der Waals surface area contributed by atoms with Gasteiger partial charge in [0.15, 0.2) is 17.3 Å². The highest BCUT2D eigenvalue weighted by Gasteiger charge is 2.38. The number of aryl methyl sites for hydroxylation is 1. The van der Waals surface area contributed by atoms with E-state index < -0.39 is 15.4 Å². The van der Waals surface area contributed by atoms with Gasteiger partial charge in [0.25, 0.3) is 21.9 Å². The second-order valence-corrected chi connectivity index (χ2v) is 23.6. The van der Waals surface area contributed by atoms with Crippen LogP contribution in [0.25, 0.3) is 0 Å². The van der Waals surface area contributed by atoms with Crippen molar-refractivity contribution in [3.05, 3.63) is 130 Å². The van der Waals surface area contributed by atoms with Gasteiger partial charge in [0, 0.05) is 77.8 Å². The van der Waals surface area contributed by atoms with Crippen LogP contribution in [-0.4, -0.2) is 86.4 Å². The van der Waals surface area contributed by atoms with Gasteiger partial charge >= 0.3 is 0 Å². The van der Waals surface area contributed by atoms with E-state index in [4.69, 9.17) is 24.2 Å². The van der Waals surface area contributed by atoms with Crippen LogP contribution in [0.1, 0.15) is 95.0 Å². The number of amides is 3. The quantitative estimate of drug-likeness (QED) is 0.0576. The number of ketones is 1. The molecule has 0 aromatic heterocycles. The average molecular weight is 1040 g/mol. The van der Waals surface area contributed by atoms with E-state index in [1.165, 1.54) is 28.7 Å². The summed E-state index contributed by atoms with van der Waals surface area (Å²) in [5.41, 5.74) is 8.56. The fraction of sp³-hybridized carbons (Fsp3) is 0.345. The Labute approximate surface area is 433 Å². The lowest BCUT2D eigenvalue weighted by atomic mass is 10.1. The number of Topliss-reactive ketones (excluding diaryl/α,β-unsaturated/α-hetero) is 1. The normalized spacial score (nSPS) is 17.5. The van der Waals surface area contributed by atoms with Crippen LogP contribution in [0.4, 0.5) is 28.4 Å². The minimum absolute atomic E-state index is 0.0285. The van der Waals surface area contributed by atoms with Crippen molar-refractivity contribution in [2.75, 3.05) is 29.3 Å². The van der Waals surface area contributed by atoms with Gasteiger partial charge in [-0.3, -0.25) is 43.1 Å². The van der Waals surface area contributed by atoms with E-state index in [9.17, 15) is 27.6 Å². The third kappa shape index (κ3) is 11.1. The minimum atomic E-state index is -4.02. The first-order valence-corrected chi connectivity index (χ1v) is 28.0. The molecular weight excluding hydrogens is 987 g/mol. The minimum Gasteiger partial charge on any atom is -0.493 e. The molecule has 0 aliphatic carbocycles. The highest BCUT2D eigenvalue weighted by Crippen LogP contribution is 2.43. The summed E-state index contributed by atoms with van der Waals surface area (Å²) in [6, 6.07) is 28.0. The zero-order valence-electron chi connectivity index (χ0n) is 41.5. The molecule has 1 N–H and O–H groups in total. The lowest BCUT2D eigenvalue weighted by molar-refractivity contribution is -0.118. The number of nitrogens with zero attached hydrogens (tertiary/aromatic N) is 4. The Morgan fingerprint density at radius 2 is 1.29 bits per heavy atom. The zero-order valence-corrected chi connectivity index (χ0v) is 43.9. The van der Waals surface area contributed by atoms with Crippen LogP contribution in [0.15, 0.2) is 101 Å². The molecule has 15 nitrogen and oxygen atoms in total. The Morgan fingerprint density at radius 3 is 1.86 bits per heavy atom. The monoisotopic (exact) mass is 1040 g/mol. The molecule has 0 radical (unpaired) electrons. The van der Waals surface area contributed by atoms with E-state index >= 15 is 0 Å². The second kappa shape index (κ2) is 21.9. The number of carbonyl (C=O) groups excluding carboxylic acids is 4. The number of rotatable bonds is 20. The van der Waals surface area contributed by atoms with Gasteiger partial charge in [0.05, 0.1) is 48.8 Å². The molecule has 0 spiro atoms. The number of carbonyl (C=O) groups is 4. The third-order valence-corrected chi connectivity index (χ3v) is 18.5. The molecule has 0 saturated carbocycles. The number of hydrogen-bond acceptors (Lipinski definition) is 14. The Hall–Kier alpha value is -6.47. The number of hydrogen-bond donors (Lipinski definition) is 1. The van der Waals surface area contributed by atoms with E-state index in [2.05, 4.69) is 9.50 Å². The molecule has 5 aromatic carbocycles. The van der Waals surface area contributed by atoms with Gasteiger partial charge < -0.3 is 19.5 Å². The highest BCUT2D eigenvalue weighted by molar-refractivity contribution is 8.77. The van der Waals surface area contributed by atoms with Crippen LogP contribution in [0.5, 0.6) is 17.2 Å². The van der Waals surface area contributed by atoms with Crippen molar-refractivity contribution in [3.8, 4) is 17.2 Å². The molecule has 3 unspecified atom stereocenters. The molecule has 4 aliphatic heterocycles. The van der Waals surface area contributed by atoms with Gasteiger partial charge in [0.2, 0.25) is 5.91 Å². The molecule has 3 amide bonds. The van der Waals surface area contributed by atoms with Gasteiger partial charge in [-0.1, -0.05) is 78.8 Å². The van der Waals surface area contributed by atoms with Crippen molar-refractivity contribution in [1.82, 2.24) is 0 Å². The molecule has 73 heavy (non-hydrogen) atoms. The van der Waals surface area contributed by atoms with E-state index in [1.807, 2.05) is 105 Å². The van der Waals surface area contributed by atoms with Crippen LogP contribution in [-0.2, 0) is 49.9 Å². The molecule has 0 bridgehead atoms. The highest BCUT2D eigenvalue weighted by atomic mass is 33.1. The van der Waals surface area contributed by atoms with Crippen LogP contribution in [0.3, 0.4) is 0 Å². The summed E-state index contributed by atoms with van der Waals surface area (Å²) in [5.74, 6) is 0.415. The Morgan fingerprint density at radius 1 is 0.740 bits per heavy atom.